The zero-order valence-corrected chi connectivity index (χ0v) is 11.5. The summed E-state index contributed by atoms with van der Waals surface area (Å²) in [4.78, 5) is 5.78. The van der Waals surface area contributed by atoms with Crippen molar-refractivity contribution in [3.63, 3.8) is 0 Å². The van der Waals surface area contributed by atoms with E-state index in [-0.39, 0.29) is 6.04 Å². The van der Waals surface area contributed by atoms with Gasteiger partial charge in [-0.2, -0.15) is 0 Å². The lowest BCUT2D eigenvalue weighted by atomic mass is 10.0. The number of aromatic nitrogens is 1. The lowest BCUT2D eigenvalue weighted by Crippen LogP contribution is -2.36. The molecule has 1 fully saturated rings. The highest BCUT2D eigenvalue weighted by Crippen LogP contribution is 2.24. The highest BCUT2D eigenvalue weighted by atomic mass is 32.1. The van der Waals surface area contributed by atoms with Crippen molar-refractivity contribution in [2.45, 2.75) is 32.9 Å². The molecule has 0 aromatic carbocycles. The van der Waals surface area contributed by atoms with Gasteiger partial charge in [-0.3, -0.25) is 0 Å². The van der Waals surface area contributed by atoms with Crippen molar-refractivity contribution in [3.05, 3.63) is 15.6 Å². The molecule has 5 heteroatoms. The maximum Gasteiger partial charge on any atom is 0.0900 e. The van der Waals surface area contributed by atoms with Gasteiger partial charge in [0.2, 0.25) is 0 Å². The molecule has 0 spiro atoms. The van der Waals surface area contributed by atoms with Crippen molar-refractivity contribution in [3.8, 4) is 0 Å². The Kier molecular flexibility index (Phi) is 4.14. The lowest BCUT2D eigenvalue weighted by Gasteiger charge is -2.18. The first-order valence-electron chi connectivity index (χ1n) is 6.08. The number of nitrogens with two attached hydrogens (primary N) is 1. The third kappa shape index (κ3) is 3.04. The first-order valence-corrected chi connectivity index (χ1v) is 6.90. The van der Waals surface area contributed by atoms with Crippen molar-refractivity contribution in [1.29, 1.82) is 0 Å². The molecule has 2 rings (SSSR count). The molecule has 0 aliphatic carbocycles. The molecule has 1 aromatic heterocycles. The summed E-state index contributed by atoms with van der Waals surface area (Å²) in [7, 11) is 0. The van der Waals surface area contributed by atoms with Crippen LogP contribution < -0.4 is 11.1 Å². The van der Waals surface area contributed by atoms with Crippen LogP contribution >= 0.6 is 11.3 Å². The number of hydrogen-bond acceptors (Lipinski definition) is 5. The molecule has 2 heterocycles. The van der Waals surface area contributed by atoms with Crippen molar-refractivity contribution in [2.24, 2.45) is 11.7 Å². The molecule has 17 heavy (non-hydrogen) atoms. The largest absolute Gasteiger partial charge is 0.379 e. The number of aryl methyl sites for hydroxylation is 2. The Morgan fingerprint density at radius 2 is 2.29 bits per heavy atom. The monoisotopic (exact) mass is 255 g/mol. The Hall–Kier alpha value is -0.490. The van der Waals surface area contributed by atoms with Crippen LogP contribution in [0.3, 0.4) is 0 Å². The Bertz CT molecular complexity index is 380. The minimum atomic E-state index is 0.180. The zero-order chi connectivity index (χ0) is 12.4. The van der Waals surface area contributed by atoms with Crippen LogP contribution in [0, 0.1) is 19.8 Å². The van der Waals surface area contributed by atoms with Gasteiger partial charge in [0.25, 0.3) is 0 Å². The molecule has 3 N–H and O–H groups in total. The molecule has 0 amide bonds. The van der Waals surface area contributed by atoms with Gasteiger partial charge in [-0.25, -0.2) is 4.98 Å². The van der Waals surface area contributed by atoms with Crippen LogP contribution in [0.15, 0.2) is 0 Å². The van der Waals surface area contributed by atoms with Gasteiger partial charge < -0.3 is 15.8 Å². The van der Waals surface area contributed by atoms with E-state index in [9.17, 15) is 0 Å². The van der Waals surface area contributed by atoms with Crippen molar-refractivity contribution in [2.75, 3.05) is 19.8 Å². The van der Waals surface area contributed by atoms with Gasteiger partial charge in [0.05, 0.1) is 23.9 Å². The molecule has 0 saturated carbocycles. The summed E-state index contributed by atoms with van der Waals surface area (Å²) < 4.78 is 5.36. The van der Waals surface area contributed by atoms with Crippen LogP contribution in [0.5, 0.6) is 0 Å². The molecule has 3 atom stereocenters. The van der Waals surface area contributed by atoms with Crippen LogP contribution in [0.1, 0.15) is 28.5 Å². The number of thiazole rings is 1. The Morgan fingerprint density at radius 1 is 1.53 bits per heavy atom. The maximum absolute atomic E-state index is 5.96. The molecule has 1 aliphatic heterocycles. The van der Waals surface area contributed by atoms with Crippen LogP contribution in [0.25, 0.3) is 0 Å². The Balaban J connectivity index is 1.88. The van der Waals surface area contributed by atoms with Crippen molar-refractivity contribution in [1.82, 2.24) is 10.3 Å². The summed E-state index contributed by atoms with van der Waals surface area (Å²) in [6, 6.07) is 0.521. The molecule has 96 valence electrons. The molecule has 1 aromatic rings. The SMILES string of the molecule is Cc1nc(C)c(C(C)NCC2COCC2N)s1. The minimum Gasteiger partial charge on any atom is -0.379 e. The fourth-order valence-electron chi connectivity index (χ4n) is 2.20. The van der Waals surface area contributed by atoms with Gasteiger partial charge in [-0.15, -0.1) is 11.3 Å². The predicted octanol–water partition coefficient (Wildman–Crippen LogP) is 1.38. The summed E-state index contributed by atoms with van der Waals surface area (Å²) in [5, 5.41) is 4.67. The maximum atomic E-state index is 5.96. The third-order valence-corrected chi connectivity index (χ3v) is 4.52. The number of ether oxygens (including phenoxy) is 1. The number of rotatable bonds is 4. The quantitative estimate of drug-likeness (QED) is 0.853. The molecule has 1 aliphatic rings. The summed E-state index contributed by atoms with van der Waals surface area (Å²) >= 11 is 1.77. The van der Waals surface area contributed by atoms with Crippen LogP contribution in [0.4, 0.5) is 0 Å². The topological polar surface area (TPSA) is 60.2 Å². The third-order valence-electron chi connectivity index (χ3n) is 3.27. The van der Waals surface area contributed by atoms with E-state index in [1.54, 1.807) is 11.3 Å². The normalized spacial score (nSPS) is 26.4. The molecular formula is C12H21N3OS. The Labute approximate surface area is 107 Å². The van der Waals surface area contributed by atoms with E-state index in [1.165, 1.54) is 4.88 Å². The lowest BCUT2D eigenvalue weighted by molar-refractivity contribution is 0.183. The van der Waals surface area contributed by atoms with Gasteiger partial charge in [0.15, 0.2) is 0 Å². The van der Waals surface area contributed by atoms with Gasteiger partial charge in [-0.1, -0.05) is 0 Å². The van der Waals surface area contributed by atoms with E-state index >= 15 is 0 Å². The second-order valence-corrected chi connectivity index (χ2v) is 6.01. The molecule has 3 unspecified atom stereocenters. The van der Waals surface area contributed by atoms with E-state index in [4.69, 9.17) is 10.5 Å². The van der Waals surface area contributed by atoms with E-state index in [0.29, 0.717) is 18.6 Å². The standard InChI is InChI=1S/C12H21N3OS/c1-7(12-8(2)15-9(3)17-12)14-4-10-5-16-6-11(10)13/h7,10-11,14H,4-6,13H2,1-3H3. The van der Waals surface area contributed by atoms with E-state index in [2.05, 4.69) is 31.1 Å². The first-order chi connectivity index (χ1) is 8.08. The minimum absolute atomic E-state index is 0.180. The smallest absolute Gasteiger partial charge is 0.0900 e. The van der Waals surface area contributed by atoms with Gasteiger partial charge in [0, 0.05) is 29.4 Å². The van der Waals surface area contributed by atoms with E-state index in [1.807, 2.05) is 0 Å². The highest BCUT2D eigenvalue weighted by molar-refractivity contribution is 7.11. The first kappa shape index (κ1) is 13.0. The fourth-order valence-corrected chi connectivity index (χ4v) is 3.15. The van der Waals surface area contributed by atoms with Crippen LogP contribution in [0.2, 0.25) is 0 Å². The van der Waals surface area contributed by atoms with E-state index < -0.39 is 0 Å². The molecule has 0 bridgehead atoms. The molecular weight excluding hydrogens is 234 g/mol. The predicted molar refractivity (Wildman–Crippen MR) is 70.3 cm³/mol. The number of hydrogen-bond donors (Lipinski definition) is 2. The Morgan fingerprint density at radius 3 is 2.82 bits per heavy atom. The second-order valence-electron chi connectivity index (χ2n) is 4.77. The number of nitrogens with zero attached hydrogens (tertiary/aromatic N) is 1. The summed E-state index contributed by atoms with van der Waals surface area (Å²) in [6.07, 6.45) is 0. The zero-order valence-electron chi connectivity index (χ0n) is 10.7. The summed E-state index contributed by atoms with van der Waals surface area (Å²) in [5.74, 6) is 0.437. The van der Waals surface area contributed by atoms with Crippen molar-refractivity contribution >= 4 is 11.3 Å². The average Bonchev–Trinajstić information content (AvgIpc) is 2.81. The van der Waals surface area contributed by atoms with Gasteiger partial charge in [0.1, 0.15) is 0 Å². The average molecular weight is 255 g/mol. The molecule has 4 nitrogen and oxygen atoms in total. The van der Waals surface area contributed by atoms with Crippen molar-refractivity contribution < 1.29 is 4.74 Å². The summed E-state index contributed by atoms with van der Waals surface area (Å²) in [5.41, 5.74) is 7.10. The molecule has 0 radical (unpaired) electrons. The highest BCUT2D eigenvalue weighted by Gasteiger charge is 2.25. The van der Waals surface area contributed by atoms with Crippen LogP contribution in [-0.4, -0.2) is 30.8 Å². The summed E-state index contributed by atoms with van der Waals surface area (Å²) in [6.45, 7) is 8.69. The fraction of sp³-hybridized carbons (Fsp3) is 0.750. The van der Waals surface area contributed by atoms with Crippen LogP contribution in [-0.2, 0) is 4.74 Å². The second kappa shape index (κ2) is 5.44. The molecule has 1 saturated heterocycles. The van der Waals surface area contributed by atoms with Gasteiger partial charge >= 0.3 is 0 Å². The van der Waals surface area contributed by atoms with Gasteiger partial charge in [-0.05, 0) is 20.8 Å². The van der Waals surface area contributed by atoms with E-state index in [0.717, 1.165) is 23.9 Å². The number of nitrogens with one attached hydrogen (secondary N) is 1.